The summed E-state index contributed by atoms with van der Waals surface area (Å²) in [7, 11) is 0. The fraction of sp³-hybridized carbons (Fsp3) is 0.571. The zero-order valence-corrected chi connectivity index (χ0v) is 12.6. The van der Waals surface area contributed by atoms with Gasteiger partial charge in [-0.15, -0.1) is 12.4 Å². The smallest absolute Gasteiger partial charge is 0.317 e. The molecule has 0 aromatic carbocycles. The molecular weight excluding hydrogens is 319 g/mol. The van der Waals surface area contributed by atoms with Crippen LogP contribution < -0.4 is 10.2 Å². The quantitative estimate of drug-likeness (QED) is 0.858. The van der Waals surface area contributed by atoms with Gasteiger partial charge >= 0.3 is 6.18 Å². The summed E-state index contributed by atoms with van der Waals surface area (Å²) in [6.45, 7) is 2.18. The molecule has 0 saturated carbocycles. The standard InChI is InChI=1S/C14H16F3N3O.ClH/c15-14(16,17)10-5-11(8-19-7-10)20-9-13(6-12(20)21)1-3-18-4-2-13;/h5,7-8,18H,1-4,6,9H2;1H. The zero-order valence-electron chi connectivity index (χ0n) is 11.8. The van der Waals surface area contributed by atoms with E-state index in [-0.39, 0.29) is 29.4 Å². The Labute approximate surface area is 132 Å². The second-order valence-electron chi connectivity index (χ2n) is 5.84. The van der Waals surface area contributed by atoms with E-state index in [0.29, 0.717) is 13.0 Å². The van der Waals surface area contributed by atoms with E-state index in [1.807, 2.05) is 0 Å². The fourth-order valence-corrected chi connectivity index (χ4v) is 3.15. The number of carbonyl (C=O) groups is 1. The third kappa shape index (κ3) is 3.20. The largest absolute Gasteiger partial charge is 0.417 e. The van der Waals surface area contributed by atoms with Crippen molar-refractivity contribution in [2.75, 3.05) is 24.5 Å². The van der Waals surface area contributed by atoms with Crippen LogP contribution in [0.3, 0.4) is 0 Å². The molecule has 0 aliphatic carbocycles. The van der Waals surface area contributed by atoms with Gasteiger partial charge in [0.05, 0.1) is 17.4 Å². The van der Waals surface area contributed by atoms with E-state index in [9.17, 15) is 18.0 Å². The normalized spacial score (nSPS) is 21.0. The molecule has 3 rings (SSSR count). The van der Waals surface area contributed by atoms with Crippen molar-refractivity contribution >= 4 is 24.0 Å². The molecule has 2 fully saturated rings. The molecule has 3 heterocycles. The number of nitrogens with zero attached hydrogens (tertiary/aromatic N) is 2. The van der Waals surface area contributed by atoms with Crippen LogP contribution in [0.4, 0.5) is 18.9 Å². The van der Waals surface area contributed by atoms with Crippen LogP contribution >= 0.6 is 12.4 Å². The highest BCUT2D eigenvalue weighted by Crippen LogP contribution is 2.41. The molecule has 2 saturated heterocycles. The van der Waals surface area contributed by atoms with Crippen LogP contribution in [0.2, 0.25) is 0 Å². The first kappa shape index (κ1) is 17.0. The number of hydrogen-bond acceptors (Lipinski definition) is 3. The maximum atomic E-state index is 12.7. The average molecular weight is 336 g/mol. The lowest BCUT2D eigenvalue weighted by molar-refractivity contribution is -0.137. The first-order valence-corrected chi connectivity index (χ1v) is 6.93. The minimum atomic E-state index is -4.45. The minimum absolute atomic E-state index is 0. The Hall–Kier alpha value is -1.34. The summed E-state index contributed by atoms with van der Waals surface area (Å²) >= 11 is 0. The Morgan fingerprint density at radius 2 is 1.91 bits per heavy atom. The number of nitrogens with one attached hydrogen (secondary N) is 1. The van der Waals surface area contributed by atoms with Gasteiger partial charge in [0.2, 0.25) is 5.91 Å². The van der Waals surface area contributed by atoms with Gasteiger partial charge in [0.1, 0.15) is 0 Å². The Kier molecular flexibility index (Phi) is 4.67. The first-order valence-electron chi connectivity index (χ1n) is 6.93. The highest BCUT2D eigenvalue weighted by atomic mass is 35.5. The number of alkyl halides is 3. The molecule has 22 heavy (non-hydrogen) atoms. The molecule has 1 amide bonds. The van der Waals surface area contributed by atoms with Crippen LogP contribution in [0.1, 0.15) is 24.8 Å². The van der Waals surface area contributed by atoms with Gasteiger partial charge in [0.25, 0.3) is 0 Å². The Balaban J connectivity index is 0.00000176. The molecule has 2 aliphatic heterocycles. The van der Waals surface area contributed by atoms with Crippen molar-refractivity contribution in [2.45, 2.75) is 25.4 Å². The monoisotopic (exact) mass is 335 g/mol. The summed E-state index contributed by atoms with van der Waals surface area (Å²) in [6, 6.07) is 1.00. The summed E-state index contributed by atoms with van der Waals surface area (Å²) in [5, 5.41) is 3.24. The molecule has 0 radical (unpaired) electrons. The van der Waals surface area contributed by atoms with Gasteiger partial charge in [-0.1, -0.05) is 0 Å². The maximum absolute atomic E-state index is 12.7. The van der Waals surface area contributed by atoms with Crippen molar-refractivity contribution in [1.82, 2.24) is 10.3 Å². The lowest BCUT2D eigenvalue weighted by Gasteiger charge is -2.33. The third-order valence-electron chi connectivity index (χ3n) is 4.35. The van der Waals surface area contributed by atoms with Gasteiger partial charge in [-0.05, 0) is 37.4 Å². The SMILES string of the molecule is Cl.O=C1CC2(CCNCC2)CN1c1cncc(C(F)(F)F)c1. The van der Waals surface area contributed by atoms with Crippen LogP contribution in [-0.4, -0.2) is 30.5 Å². The van der Waals surface area contributed by atoms with E-state index in [1.54, 1.807) is 0 Å². The Morgan fingerprint density at radius 1 is 1.23 bits per heavy atom. The number of rotatable bonds is 1. The first-order chi connectivity index (χ1) is 9.90. The van der Waals surface area contributed by atoms with Gasteiger partial charge in [-0.3, -0.25) is 9.78 Å². The molecule has 1 aromatic heterocycles. The van der Waals surface area contributed by atoms with Crippen LogP contribution in [0.25, 0.3) is 0 Å². The van der Waals surface area contributed by atoms with Crippen molar-refractivity contribution in [3.05, 3.63) is 24.0 Å². The molecular formula is C14H17ClF3N3O. The van der Waals surface area contributed by atoms with E-state index in [1.165, 1.54) is 11.1 Å². The van der Waals surface area contributed by atoms with Crippen molar-refractivity contribution < 1.29 is 18.0 Å². The van der Waals surface area contributed by atoms with Gasteiger partial charge in [0, 0.05) is 19.2 Å². The van der Waals surface area contributed by atoms with Crippen LogP contribution in [-0.2, 0) is 11.0 Å². The number of anilines is 1. The summed E-state index contributed by atoms with van der Waals surface area (Å²) in [6.07, 6.45) is -0.177. The van der Waals surface area contributed by atoms with Crippen molar-refractivity contribution in [2.24, 2.45) is 5.41 Å². The van der Waals surface area contributed by atoms with Crippen molar-refractivity contribution in [1.29, 1.82) is 0 Å². The molecule has 1 aromatic rings. The van der Waals surface area contributed by atoms with E-state index >= 15 is 0 Å². The number of halogens is 4. The minimum Gasteiger partial charge on any atom is -0.317 e. The molecule has 4 nitrogen and oxygen atoms in total. The van der Waals surface area contributed by atoms with Gasteiger partial charge in [-0.25, -0.2) is 0 Å². The Bertz CT molecular complexity index is 559. The second-order valence-corrected chi connectivity index (χ2v) is 5.84. The molecule has 0 atom stereocenters. The topological polar surface area (TPSA) is 45.2 Å². The molecule has 0 bridgehead atoms. The lowest BCUT2D eigenvalue weighted by atomic mass is 9.78. The predicted molar refractivity (Wildman–Crippen MR) is 78.0 cm³/mol. The Morgan fingerprint density at radius 3 is 2.55 bits per heavy atom. The van der Waals surface area contributed by atoms with Crippen molar-refractivity contribution in [3.63, 3.8) is 0 Å². The van der Waals surface area contributed by atoms with E-state index in [4.69, 9.17) is 0 Å². The van der Waals surface area contributed by atoms with Crippen LogP contribution in [0.5, 0.6) is 0 Å². The second kappa shape index (κ2) is 6.04. The summed E-state index contributed by atoms with van der Waals surface area (Å²) in [4.78, 5) is 17.3. The molecule has 122 valence electrons. The average Bonchev–Trinajstić information content (AvgIpc) is 2.75. The van der Waals surface area contributed by atoms with Gasteiger partial charge in [-0.2, -0.15) is 13.2 Å². The number of pyridine rings is 1. The number of carbonyl (C=O) groups excluding carboxylic acids is 1. The summed E-state index contributed by atoms with van der Waals surface area (Å²) < 4.78 is 38.2. The predicted octanol–water partition coefficient (Wildman–Crippen LogP) is 2.63. The summed E-state index contributed by atoms with van der Waals surface area (Å²) in [5.74, 6) is -0.113. The van der Waals surface area contributed by atoms with Gasteiger partial charge < -0.3 is 10.2 Å². The third-order valence-corrected chi connectivity index (χ3v) is 4.35. The highest BCUT2D eigenvalue weighted by molar-refractivity contribution is 5.96. The van der Waals surface area contributed by atoms with Crippen LogP contribution in [0.15, 0.2) is 18.5 Å². The maximum Gasteiger partial charge on any atom is 0.417 e. The molecule has 8 heteroatoms. The number of piperidine rings is 1. The number of hydrogen-bond donors (Lipinski definition) is 1. The molecule has 1 spiro atoms. The van der Waals surface area contributed by atoms with Gasteiger partial charge in [0.15, 0.2) is 0 Å². The highest BCUT2D eigenvalue weighted by Gasteiger charge is 2.44. The van der Waals surface area contributed by atoms with Crippen LogP contribution in [0, 0.1) is 5.41 Å². The lowest BCUT2D eigenvalue weighted by Crippen LogP contribution is -2.38. The molecule has 2 aliphatic rings. The zero-order chi connectivity index (χ0) is 15.1. The van der Waals surface area contributed by atoms with E-state index in [0.717, 1.165) is 38.2 Å². The van der Waals surface area contributed by atoms with E-state index < -0.39 is 11.7 Å². The number of aromatic nitrogens is 1. The fourth-order valence-electron chi connectivity index (χ4n) is 3.15. The van der Waals surface area contributed by atoms with E-state index in [2.05, 4.69) is 10.3 Å². The molecule has 0 unspecified atom stereocenters. The summed E-state index contributed by atoms with van der Waals surface area (Å²) in [5.41, 5.74) is -0.680. The number of amides is 1. The van der Waals surface area contributed by atoms with Crippen molar-refractivity contribution in [3.8, 4) is 0 Å². The molecule has 1 N–H and O–H groups in total.